The first kappa shape index (κ1) is 23.4. The minimum Gasteiger partial charge on any atom is -0.396 e. The van der Waals surface area contributed by atoms with Gasteiger partial charge in [-0.2, -0.15) is 0 Å². The zero-order valence-corrected chi connectivity index (χ0v) is 22.0. The van der Waals surface area contributed by atoms with E-state index in [1.165, 1.54) is 51.4 Å². The molecule has 4 fully saturated rings. The highest BCUT2D eigenvalue weighted by Gasteiger charge is 2.68. The molecule has 0 aliphatic heterocycles. The number of aliphatic hydroxyl groups excluding tert-OH is 2. The summed E-state index contributed by atoms with van der Waals surface area (Å²) < 4.78 is 0. The van der Waals surface area contributed by atoms with Crippen LogP contribution >= 0.6 is 0 Å². The first-order chi connectivity index (χ1) is 14.9. The molecule has 2 nitrogen and oxygen atoms in total. The largest absolute Gasteiger partial charge is 0.396 e. The molecule has 5 aliphatic rings. The molecule has 0 aromatic heterocycles. The van der Waals surface area contributed by atoms with E-state index in [0.717, 1.165) is 12.3 Å². The van der Waals surface area contributed by atoms with Crippen LogP contribution in [-0.2, 0) is 0 Å². The summed E-state index contributed by atoms with van der Waals surface area (Å²) in [7, 11) is 0. The van der Waals surface area contributed by atoms with Gasteiger partial charge in [0.25, 0.3) is 0 Å². The second-order valence-electron chi connectivity index (χ2n) is 14.5. The summed E-state index contributed by atoms with van der Waals surface area (Å²) in [6.45, 7) is 17.9. The molecule has 5 rings (SSSR count). The van der Waals surface area contributed by atoms with E-state index in [0.29, 0.717) is 41.1 Å². The monoisotopic (exact) mass is 442 g/mol. The Bertz CT molecular complexity index is 799. The van der Waals surface area contributed by atoms with Crippen LogP contribution in [0.3, 0.4) is 0 Å². The maximum absolute atomic E-state index is 10.9. The molecule has 0 amide bonds. The summed E-state index contributed by atoms with van der Waals surface area (Å²) in [4.78, 5) is 0. The van der Waals surface area contributed by atoms with E-state index in [-0.39, 0.29) is 22.3 Å². The Morgan fingerprint density at radius 3 is 2.28 bits per heavy atom. The lowest BCUT2D eigenvalue weighted by Gasteiger charge is -2.71. The standard InChI is InChI=1S/C30H50O2/c1-19-10-15-30(18-31)17-16-28(6)21(25(30)20(19)2)8-9-23-27(5)13-12-24(32)26(3,4)22(27)11-14-29(23,28)7/h8,19-20,22-25,31-32H,9-18H2,1-7H3/t19-,20-,22+,23+,24+,25+,27+,28-,29+,30-/m1/s1. The van der Waals surface area contributed by atoms with Gasteiger partial charge in [-0.3, -0.25) is 0 Å². The van der Waals surface area contributed by atoms with Crippen LogP contribution in [0.25, 0.3) is 0 Å². The third-order valence-electron chi connectivity index (χ3n) is 13.5. The topological polar surface area (TPSA) is 40.5 Å². The fourth-order valence-electron chi connectivity index (χ4n) is 10.9. The minimum absolute atomic E-state index is 0.0190. The smallest absolute Gasteiger partial charge is 0.0594 e. The molecule has 0 aromatic carbocycles. The van der Waals surface area contributed by atoms with Crippen molar-refractivity contribution in [3.05, 3.63) is 11.6 Å². The highest BCUT2D eigenvalue weighted by molar-refractivity contribution is 5.34. The number of hydrogen-bond donors (Lipinski definition) is 2. The molecule has 10 atom stereocenters. The van der Waals surface area contributed by atoms with Crippen LogP contribution in [0.4, 0.5) is 0 Å². The number of rotatable bonds is 1. The van der Waals surface area contributed by atoms with Gasteiger partial charge in [-0.05, 0) is 109 Å². The average Bonchev–Trinajstić information content (AvgIpc) is 2.74. The van der Waals surface area contributed by atoms with Crippen LogP contribution in [0.1, 0.15) is 106 Å². The summed E-state index contributed by atoms with van der Waals surface area (Å²) in [6.07, 6.45) is 13.4. The second-order valence-corrected chi connectivity index (χ2v) is 14.5. The number of aliphatic hydroxyl groups is 2. The van der Waals surface area contributed by atoms with Gasteiger partial charge >= 0.3 is 0 Å². The molecule has 0 heterocycles. The first-order valence-electron chi connectivity index (χ1n) is 13.9. The zero-order valence-electron chi connectivity index (χ0n) is 22.0. The average molecular weight is 443 g/mol. The van der Waals surface area contributed by atoms with Crippen molar-refractivity contribution in [2.75, 3.05) is 6.61 Å². The minimum atomic E-state index is -0.153. The van der Waals surface area contributed by atoms with Gasteiger partial charge in [-0.15, -0.1) is 0 Å². The molecular weight excluding hydrogens is 392 g/mol. The molecule has 0 saturated heterocycles. The second kappa shape index (κ2) is 7.09. The molecule has 182 valence electrons. The predicted octanol–water partition coefficient (Wildman–Crippen LogP) is 7.00. The van der Waals surface area contributed by atoms with Crippen molar-refractivity contribution in [1.29, 1.82) is 0 Å². The molecule has 0 unspecified atom stereocenters. The Labute approximate surface area is 197 Å². The van der Waals surface area contributed by atoms with Crippen LogP contribution in [0.2, 0.25) is 0 Å². The lowest BCUT2D eigenvalue weighted by molar-refractivity contribution is -0.205. The third-order valence-corrected chi connectivity index (χ3v) is 13.5. The fraction of sp³-hybridized carbons (Fsp3) is 0.933. The predicted molar refractivity (Wildman–Crippen MR) is 132 cm³/mol. The Morgan fingerprint density at radius 1 is 0.875 bits per heavy atom. The van der Waals surface area contributed by atoms with E-state index in [1.807, 2.05) is 0 Å². The molecule has 0 spiro atoms. The van der Waals surface area contributed by atoms with Gasteiger partial charge in [-0.25, -0.2) is 0 Å². The van der Waals surface area contributed by atoms with Crippen molar-refractivity contribution in [1.82, 2.24) is 0 Å². The fourth-order valence-corrected chi connectivity index (χ4v) is 10.9. The van der Waals surface area contributed by atoms with Crippen molar-refractivity contribution >= 4 is 0 Å². The van der Waals surface area contributed by atoms with Crippen molar-refractivity contribution < 1.29 is 10.2 Å². The molecule has 0 aromatic rings. The molecular formula is C30H50O2. The highest BCUT2D eigenvalue weighted by atomic mass is 16.3. The first-order valence-corrected chi connectivity index (χ1v) is 13.9. The molecule has 2 N–H and O–H groups in total. The van der Waals surface area contributed by atoms with Gasteiger partial charge in [0, 0.05) is 12.0 Å². The molecule has 32 heavy (non-hydrogen) atoms. The van der Waals surface area contributed by atoms with Crippen molar-refractivity contribution in [2.24, 2.45) is 56.7 Å². The summed E-state index contributed by atoms with van der Waals surface area (Å²) in [5, 5.41) is 21.6. The van der Waals surface area contributed by atoms with Gasteiger partial charge in [0.2, 0.25) is 0 Å². The van der Waals surface area contributed by atoms with E-state index in [4.69, 9.17) is 0 Å². The lowest BCUT2D eigenvalue weighted by atomic mass is 9.33. The van der Waals surface area contributed by atoms with E-state index >= 15 is 0 Å². The maximum Gasteiger partial charge on any atom is 0.0594 e. The van der Waals surface area contributed by atoms with E-state index in [2.05, 4.69) is 54.5 Å². The van der Waals surface area contributed by atoms with E-state index in [1.54, 1.807) is 5.57 Å². The van der Waals surface area contributed by atoms with Gasteiger partial charge in [0.15, 0.2) is 0 Å². The molecule has 4 saturated carbocycles. The zero-order chi connectivity index (χ0) is 23.3. The van der Waals surface area contributed by atoms with Crippen LogP contribution in [0.5, 0.6) is 0 Å². The van der Waals surface area contributed by atoms with Crippen molar-refractivity contribution in [3.63, 3.8) is 0 Å². The Balaban J connectivity index is 1.59. The summed E-state index contributed by atoms with van der Waals surface area (Å²) >= 11 is 0. The third kappa shape index (κ3) is 2.66. The van der Waals surface area contributed by atoms with E-state index in [9.17, 15) is 10.2 Å². The molecule has 0 bridgehead atoms. The quantitative estimate of drug-likeness (QED) is 0.429. The van der Waals surface area contributed by atoms with Gasteiger partial charge in [-0.1, -0.05) is 60.1 Å². The van der Waals surface area contributed by atoms with Crippen molar-refractivity contribution in [3.8, 4) is 0 Å². The van der Waals surface area contributed by atoms with Crippen LogP contribution in [-0.4, -0.2) is 22.9 Å². The van der Waals surface area contributed by atoms with Gasteiger partial charge in [0.05, 0.1) is 6.10 Å². The van der Waals surface area contributed by atoms with Crippen molar-refractivity contribution in [2.45, 2.75) is 112 Å². The normalized spacial score (nSPS) is 56.8. The molecule has 2 heteroatoms. The number of fused-ring (bicyclic) bond motifs is 7. The summed E-state index contributed by atoms with van der Waals surface area (Å²) in [5.74, 6) is 3.29. The highest BCUT2D eigenvalue weighted by Crippen LogP contribution is 2.75. The molecule has 5 aliphatic carbocycles. The summed E-state index contributed by atoms with van der Waals surface area (Å²) in [6, 6.07) is 0. The van der Waals surface area contributed by atoms with Crippen LogP contribution in [0, 0.1) is 56.7 Å². The number of allylic oxidation sites excluding steroid dienone is 2. The van der Waals surface area contributed by atoms with Crippen LogP contribution in [0.15, 0.2) is 11.6 Å². The molecule has 0 radical (unpaired) electrons. The lowest BCUT2D eigenvalue weighted by Crippen LogP contribution is -2.65. The van der Waals surface area contributed by atoms with Crippen LogP contribution < -0.4 is 0 Å². The Morgan fingerprint density at radius 2 is 1.59 bits per heavy atom. The Kier molecular flexibility index (Phi) is 5.19. The SMILES string of the molecule is C[C@@H]1[C@H](C)CC[C@]2(CO)CC[C@]3(C)C(=CC[C@H]4[C@@]5(C)CC[C@H](O)C(C)(C)[C@@H]5CC[C@@]43C)[C@H]12. The Hall–Kier alpha value is -0.340. The van der Waals surface area contributed by atoms with Gasteiger partial charge in [0.1, 0.15) is 0 Å². The van der Waals surface area contributed by atoms with Gasteiger partial charge < -0.3 is 10.2 Å². The summed E-state index contributed by atoms with van der Waals surface area (Å²) in [5.41, 5.74) is 2.77. The maximum atomic E-state index is 10.9. The van der Waals surface area contributed by atoms with E-state index < -0.39 is 0 Å². The number of hydrogen-bond acceptors (Lipinski definition) is 2.